The minimum Gasteiger partial charge on any atom is -0.383 e. The average molecular weight is 345 g/mol. The molecule has 1 N–H and O–H groups in total. The Balaban J connectivity index is 2.06. The zero-order valence-corrected chi connectivity index (χ0v) is 12.9. The number of benzene rings is 1. The number of methoxy groups -OCH3 is 1. The van der Waals surface area contributed by atoms with Crippen LogP contribution in [0.25, 0.3) is 11.3 Å². The Bertz CT molecular complexity index is 547. The van der Waals surface area contributed by atoms with Crippen molar-refractivity contribution in [1.29, 1.82) is 0 Å². The molecular weight excluding hydrogens is 331 g/mol. The van der Waals surface area contributed by atoms with Crippen molar-refractivity contribution >= 4 is 27.3 Å². The highest BCUT2D eigenvalue weighted by Gasteiger charge is 2.09. The van der Waals surface area contributed by atoms with Gasteiger partial charge < -0.3 is 10.1 Å². The Morgan fingerprint density at radius 1 is 1.47 bits per heavy atom. The Morgan fingerprint density at radius 3 is 3.11 bits per heavy atom. The van der Waals surface area contributed by atoms with E-state index < -0.39 is 0 Å². The summed E-state index contributed by atoms with van der Waals surface area (Å²) in [5.74, 6) is -0.257. The number of hydrogen-bond acceptors (Lipinski definition) is 4. The molecule has 0 aliphatic rings. The van der Waals surface area contributed by atoms with E-state index in [0.29, 0.717) is 24.4 Å². The molecule has 0 amide bonds. The summed E-state index contributed by atoms with van der Waals surface area (Å²) in [4.78, 5) is 4.43. The van der Waals surface area contributed by atoms with Crippen LogP contribution in [0.4, 0.5) is 4.39 Å². The molecule has 0 unspecified atom stereocenters. The summed E-state index contributed by atoms with van der Waals surface area (Å²) >= 11 is 4.86. The lowest BCUT2D eigenvalue weighted by Crippen LogP contribution is -2.18. The van der Waals surface area contributed by atoms with E-state index >= 15 is 0 Å². The zero-order valence-electron chi connectivity index (χ0n) is 10.5. The van der Waals surface area contributed by atoms with Gasteiger partial charge in [0.1, 0.15) is 10.8 Å². The van der Waals surface area contributed by atoms with Crippen molar-refractivity contribution in [3.8, 4) is 11.3 Å². The third-order valence-electron chi connectivity index (χ3n) is 2.52. The SMILES string of the molecule is COCCNCc1nc(-c2cc(Br)ccc2F)cs1. The predicted octanol–water partition coefficient (Wildman–Crippen LogP) is 3.45. The number of ether oxygens (including phenoxy) is 1. The van der Waals surface area contributed by atoms with E-state index in [2.05, 4.69) is 26.2 Å². The summed E-state index contributed by atoms with van der Waals surface area (Å²) in [5, 5.41) is 6.02. The van der Waals surface area contributed by atoms with Crippen LogP contribution in [0.15, 0.2) is 28.1 Å². The van der Waals surface area contributed by atoms with Crippen molar-refractivity contribution in [3.05, 3.63) is 38.9 Å². The molecule has 0 fully saturated rings. The predicted molar refractivity (Wildman–Crippen MR) is 78.8 cm³/mol. The van der Waals surface area contributed by atoms with Gasteiger partial charge in [-0.1, -0.05) is 15.9 Å². The smallest absolute Gasteiger partial charge is 0.132 e. The summed E-state index contributed by atoms with van der Waals surface area (Å²) in [6.45, 7) is 2.11. The lowest BCUT2D eigenvalue weighted by molar-refractivity contribution is 0.199. The maximum Gasteiger partial charge on any atom is 0.132 e. The van der Waals surface area contributed by atoms with Gasteiger partial charge in [-0.2, -0.15) is 0 Å². The molecule has 2 aromatic rings. The van der Waals surface area contributed by atoms with Crippen molar-refractivity contribution in [2.75, 3.05) is 20.3 Å². The van der Waals surface area contributed by atoms with Gasteiger partial charge in [-0.25, -0.2) is 9.37 Å². The van der Waals surface area contributed by atoms with Crippen molar-refractivity contribution in [2.24, 2.45) is 0 Å². The van der Waals surface area contributed by atoms with Crippen LogP contribution in [0.2, 0.25) is 0 Å². The maximum atomic E-state index is 13.7. The number of aromatic nitrogens is 1. The van der Waals surface area contributed by atoms with Crippen molar-refractivity contribution < 1.29 is 9.13 Å². The molecule has 6 heteroatoms. The number of hydrogen-bond donors (Lipinski definition) is 1. The van der Waals surface area contributed by atoms with Crippen molar-refractivity contribution in [1.82, 2.24) is 10.3 Å². The van der Waals surface area contributed by atoms with Gasteiger partial charge in [0.25, 0.3) is 0 Å². The highest BCUT2D eigenvalue weighted by atomic mass is 79.9. The zero-order chi connectivity index (χ0) is 13.7. The average Bonchev–Trinajstić information content (AvgIpc) is 2.86. The standard InChI is InChI=1S/C13H14BrFN2OS/c1-18-5-4-16-7-13-17-12(8-19-13)10-6-9(14)2-3-11(10)15/h2-3,6,8,16H,4-5,7H2,1H3. The van der Waals surface area contributed by atoms with Gasteiger partial charge in [-0.3, -0.25) is 0 Å². The maximum absolute atomic E-state index is 13.7. The number of thiazole rings is 1. The minimum absolute atomic E-state index is 0.257. The molecule has 0 saturated heterocycles. The molecule has 0 spiro atoms. The topological polar surface area (TPSA) is 34.1 Å². The van der Waals surface area contributed by atoms with E-state index in [4.69, 9.17) is 4.74 Å². The lowest BCUT2D eigenvalue weighted by atomic mass is 10.1. The normalized spacial score (nSPS) is 10.9. The summed E-state index contributed by atoms with van der Waals surface area (Å²) in [7, 11) is 1.67. The van der Waals surface area contributed by atoms with Gasteiger partial charge in [0.05, 0.1) is 12.3 Å². The van der Waals surface area contributed by atoms with Gasteiger partial charge in [-0.15, -0.1) is 11.3 Å². The van der Waals surface area contributed by atoms with Crippen LogP contribution in [0.1, 0.15) is 5.01 Å². The van der Waals surface area contributed by atoms with E-state index in [1.165, 1.54) is 17.4 Å². The largest absolute Gasteiger partial charge is 0.383 e. The molecule has 1 aromatic heterocycles. The summed E-state index contributed by atoms with van der Waals surface area (Å²) in [5.41, 5.74) is 1.20. The fraction of sp³-hybridized carbons (Fsp3) is 0.308. The Kier molecular flexibility index (Phi) is 5.45. The first-order valence-electron chi connectivity index (χ1n) is 5.80. The van der Waals surface area contributed by atoms with Crippen LogP contribution in [-0.4, -0.2) is 25.2 Å². The fourth-order valence-electron chi connectivity index (χ4n) is 1.58. The molecule has 102 valence electrons. The van der Waals surface area contributed by atoms with Crippen LogP contribution in [0, 0.1) is 5.82 Å². The Morgan fingerprint density at radius 2 is 2.32 bits per heavy atom. The van der Waals surface area contributed by atoms with E-state index in [0.717, 1.165) is 16.0 Å². The van der Waals surface area contributed by atoms with Crippen LogP contribution < -0.4 is 5.32 Å². The van der Waals surface area contributed by atoms with Crippen LogP contribution in [0.5, 0.6) is 0 Å². The third-order valence-corrected chi connectivity index (χ3v) is 3.86. The molecule has 3 nitrogen and oxygen atoms in total. The van der Waals surface area contributed by atoms with Gasteiger partial charge >= 0.3 is 0 Å². The molecule has 19 heavy (non-hydrogen) atoms. The number of nitrogens with zero attached hydrogens (tertiary/aromatic N) is 1. The number of nitrogens with one attached hydrogen (secondary N) is 1. The van der Waals surface area contributed by atoms with Gasteiger partial charge in [-0.05, 0) is 18.2 Å². The number of halogens is 2. The lowest BCUT2D eigenvalue weighted by Gasteiger charge is -2.01. The first-order chi connectivity index (χ1) is 9.20. The first-order valence-corrected chi connectivity index (χ1v) is 7.47. The van der Waals surface area contributed by atoms with Crippen LogP contribution >= 0.6 is 27.3 Å². The molecule has 1 aromatic carbocycles. The van der Waals surface area contributed by atoms with Gasteiger partial charge in [0.15, 0.2) is 0 Å². The molecule has 0 bridgehead atoms. The highest BCUT2D eigenvalue weighted by molar-refractivity contribution is 9.10. The summed E-state index contributed by atoms with van der Waals surface area (Å²) in [6.07, 6.45) is 0. The second-order valence-electron chi connectivity index (χ2n) is 3.92. The summed E-state index contributed by atoms with van der Waals surface area (Å²) < 4.78 is 19.5. The molecule has 0 radical (unpaired) electrons. The van der Waals surface area contributed by atoms with Crippen molar-refractivity contribution in [3.63, 3.8) is 0 Å². The molecule has 0 aliphatic heterocycles. The molecule has 0 atom stereocenters. The first kappa shape index (κ1) is 14.6. The fourth-order valence-corrected chi connectivity index (χ4v) is 2.70. The third kappa shape index (κ3) is 4.07. The van der Waals surface area contributed by atoms with E-state index in [1.54, 1.807) is 19.2 Å². The monoisotopic (exact) mass is 344 g/mol. The van der Waals surface area contributed by atoms with E-state index in [-0.39, 0.29) is 5.82 Å². The highest BCUT2D eigenvalue weighted by Crippen LogP contribution is 2.27. The van der Waals surface area contributed by atoms with Crippen molar-refractivity contribution in [2.45, 2.75) is 6.54 Å². The van der Waals surface area contributed by atoms with E-state index in [1.807, 2.05) is 5.38 Å². The van der Waals surface area contributed by atoms with Crippen LogP contribution in [0.3, 0.4) is 0 Å². The Hall–Kier alpha value is -0.820. The second kappa shape index (κ2) is 7.09. The van der Waals surface area contributed by atoms with Gasteiger partial charge in [0.2, 0.25) is 0 Å². The van der Waals surface area contributed by atoms with Crippen LogP contribution in [-0.2, 0) is 11.3 Å². The van der Waals surface area contributed by atoms with Gasteiger partial charge in [0, 0.05) is 35.6 Å². The Labute approximate surface area is 124 Å². The molecular formula is C13H14BrFN2OS. The number of rotatable bonds is 6. The summed E-state index contributed by atoms with van der Waals surface area (Å²) in [6, 6.07) is 4.86. The molecule has 2 rings (SSSR count). The van der Waals surface area contributed by atoms with E-state index in [9.17, 15) is 4.39 Å². The molecule has 1 heterocycles. The minimum atomic E-state index is -0.257. The molecule has 0 saturated carbocycles. The molecule has 0 aliphatic carbocycles. The second-order valence-corrected chi connectivity index (χ2v) is 5.78. The quantitative estimate of drug-likeness (QED) is 0.815.